The van der Waals surface area contributed by atoms with Crippen LogP contribution in [0.4, 0.5) is 5.82 Å². The van der Waals surface area contributed by atoms with Crippen LogP contribution < -0.4 is 4.90 Å². The van der Waals surface area contributed by atoms with Crippen molar-refractivity contribution in [1.82, 2.24) is 24.8 Å². The van der Waals surface area contributed by atoms with Crippen LogP contribution in [-0.4, -0.2) is 57.4 Å². The van der Waals surface area contributed by atoms with Gasteiger partial charge in [0.1, 0.15) is 11.8 Å². The second-order valence-corrected chi connectivity index (χ2v) is 3.93. The Balaban J connectivity index is 1.89. The Morgan fingerprint density at radius 2 is 2.00 bits per heavy atom. The van der Waals surface area contributed by atoms with Crippen molar-refractivity contribution in [2.24, 2.45) is 0 Å². The molecule has 1 aliphatic rings. The number of H-pyrrole nitrogens is 1. The van der Waals surface area contributed by atoms with Crippen molar-refractivity contribution in [3.05, 3.63) is 12.7 Å². The van der Waals surface area contributed by atoms with Crippen LogP contribution in [0.1, 0.15) is 0 Å². The number of rotatable bonds is 2. The van der Waals surface area contributed by atoms with E-state index in [0.29, 0.717) is 5.65 Å². The predicted molar refractivity (Wildman–Crippen MR) is 61.5 cm³/mol. The van der Waals surface area contributed by atoms with Crippen LogP contribution in [0.5, 0.6) is 0 Å². The standard InChI is InChI=1S/C10H12N6O/c17-7-15-1-3-16(4-2-15)10-8-9(12-5-11-8)13-6-14-10/h5-7H,1-4H2,(H,11,12,13,14). The molecule has 1 aliphatic heterocycles. The van der Waals surface area contributed by atoms with E-state index >= 15 is 0 Å². The molecular weight excluding hydrogens is 220 g/mol. The summed E-state index contributed by atoms with van der Waals surface area (Å²) in [6.07, 6.45) is 4.03. The Morgan fingerprint density at radius 1 is 1.18 bits per heavy atom. The predicted octanol–water partition coefficient (Wildman–Crippen LogP) is -0.369. The SMILES string of the molecule is O=CN1CCN(c2ncnc3nc[nH]c23)CC1. The van der Waals surface area contributed by atoms with Gasteiger partial charge in [-0.25, -0.2) is 15.0 Å². The third-order valence-electron chi connectivity index (χ3n) is 2.97. The van der Waals surface area contributed by atoms with Crippen molar-refractivity contribution in [1.29, 1.82) is 0 Å². The minimum absolute atomic E-state index is 0.674. The van der Waals surface area contributed by atoms with Gasteiger partial charge in [0.2, 0.25) is 6.41 Å². The number of anilines is 1. The van der Waals surface area contributed by atoms with E-state index in [1.54, 1.807) is 11.2 Å². The molecule has 0 saturated carbocycles. The van der Waals surface area contributed by atoms with Gasteiger partial charge in [0, 0.05) is 26.2 Å². The first-order valence-corrected chi connectivity index (χ1v) is 5.47. The largest absolute Gasteiger partial charge is 0.351 e. The number of amides is 1. The fraction of sp³-hybridized carbons (Fsp3) is 0.400. The lowest BCUT2D eigenvalue weighted by Gasteiger charge is -2.33. The summed E-state index contributed by atoms with van der Waals surface area (Å²) in [5, 5.41) is 0. The minimum Gasteiger partial charge on any atom is -0.351 e. The molecule has 7 heteroatoms. The van der Waals surface area contributed by atoms with Crippen molar-refractivity contribution in [3.8, 4) is 0 Å². The number of carbonyl (C=O) groups excluding carboxylic acids is 1. The molecule has 0 unspecified atom stereocenters. The van der Waals surface area contributed by atoms with Crippen molar-refractivity contribution in [2.45, 2.75) is 0 Å². The van der Waals surface area contributed by atoms with Gasteiger partial charge in [0.15, 0.2) is 11.5 Å². The number of carbonyl (C=O) groups is 1. The zero-order chi connectivity index (χ0) is 11.7. The summed E-state index contributed by atoms with van der Waals surface area (Å²) >= 11 is 0. The van der Waals surface area contributed by atoms with E-state index in [-0.39, 0.29) is 0 Å². The van der Waals surface area contributed by atoms with Gasteiger partial charge in [-0.3, -0.25) is 4.79 Å². The van der Waals surface area contributed by atoms with Gasteiger partial charge in [-0.15, -0.1) is 0 Å². The summed E-state index contributed by atoms with van der Waals surface area (Å²) in [5.41, 5.74) is 1.53. The maximum atomic E-state index is 10.6. The van der Waals surface area contributed by atoms with Crippen LogP contribution >= 0.6 is 0 Å². The van der Waals surface area contributed by atoms with Crippen molar-refractivity contribution < 1.29 is 4.79 Å². The third-order valence-corrected chi connectivity index (χ3v) is 2.97. The molecule has 0 aromatic carbocycles. The maximum absolute atomic E-state index is 10.6. The second-order valence-electron chi connectivity index (χ2n) is 3.93. The second kappa shape index (κ2) is 4.00. The highest BCUT2D eigenvalue weighted by Gasteiger charge is 2.19. The molecule has 3 heterocycles. The van der Waals surface area contributed by atoms with E-state index < -0.39 is 0 Å². The Labute approximate surface area is 97.5 Å². The topological polar surface area (TPSA) is 78.0 Å². The quantitative estimate of drug-likeness (QED) is 0.715. The summed E-state index contributed by atoms with van der Waals surface area (Å²) in [6.45, 7) is 3.01. The van der Waals surface area contributed by atoms with Gasteiger partial charge in [0.05, 0.1) is 6.33 Å². The molecule has 1 fully saturated rings. The monoisotopic (exact) mass is 232 g/mol. The molecule has 7 nitrogen and oxygen atoms in total. The van der Waals surface area contributed by atoms with E-state index in [2.05, 4.69) is 24.8 Å². The van der Waals surface area contributed by atoms with Crippen molar-refractivity contribution in [3.63, 3.8) is 0 Å². The Bertz CT molecular complexity index is 530. The fourth-order valence-corrected chi connectivity index (χ4v) is 2.03. The molecule has 1 amide bonds. The number of aromatic amines is 1. The molecule has 17 heavy (non-hydrogen) atoms. The lowest BCUT2D eigenvalue weighted by Crippen LogP contribution is -2.46. The molecule has 0 atom stereocenters. The van der Waals surface area contributed by atoms with Crippen LogP contribution in [0, 0.1) is 0 Å². The maximum Gasteiger partial charge on any atom is 0.209 e. The molecule has 2 aromatic heterocycles. The van der Waals surface area contributed by atoms with Crippen LogP contribution in [0.3, 0.4) is 0 Å². The molecule has 0 spiro atoms. The molecule has 88 valence electrons. The highest BCUT2D eigenvalue weighted by Crippen LogP contribution is 2.20. The zero-order valence-electron chi connectivity index (χ0n) is 9.20. The van der Waals surface area contributed by atoms with Gasteiger partial charge in [-0.05, 0) is 0 Å². The van der Waals surface area contributed by atoms with Crippen LogP contribution in [0.2, 0.25) is 0 Å². The average molecular weight is 232 g/mol. The first kappa shape index (κ1) is 10.0. The lowest BCUT2D eigenvalue weighted by atomic mass is 10.3. The van der Waals surface area contributed by atoms with E-state index in [4.69, 9.17) is 0 Å². The molecule has 3 rings (SSSR count). The van der Waals surface area contributed by atoms with E-state index in [9.17, 15) is 4.79 Å². The van der Waals surface area contributed by atoms with Gasteiger partial charge in [-0.2, -0.15) is 0 Å². The number of nitrogens with zero attached hydrogens (tertiary/aromatic N) is 5. The molecule has 0 bridgehead atoms. The molecule has 2 aromatic rings. The molecule has 1 saturated heterocycles. The van der Waals surface area contributed by atoms with Gasteiger partial charge < -0.3 is 14.8 Å². The Morgan fingerprint density at radius 3 is 2.76 bits per heavy atom. The molecule has 0 radical (unpaired) electrons. The smallest absolute Gasteiger partial charge is 0.209 e. The van der Waals surface area contributed by atoms with E-state index in [1.807, 2.05) is 0 Å². The third kappa shape index (κ3) is 1.69. The van der Waals surface area contributed by atoms with Crippen molar-refractivity contribution in [2.75, 3.05) is 31.1 Å². The fourth-order valence-electron chi connectivity index (χ4n) is 2.03. The lowest BCUT2D eigenvalue weighted by molar-refractivity contribution is -0.118. The molecule has 0 aliphatic carbocycles. The normalized spacial score (nSPS) is 16.5. The molecular formula is C10H12N6O. The van der Waals surface area contributed by atoms with Crippen molar-refractivity contribution >= 4 is 23.4 Å². The minimum atomic E-state index is 0.674. The summed E-state index contributed by atoms with van der Waals surface area (Å²) in [4.78, 5) is 30.1. The number of imidazole rings is 1. The van der Waals surface area contributed by atoms with Crippen LogP contribution in [-0.2, 0) is 4.79 Å². The van der Waals surface area contributed by atoms with Gasteiger partial charge >= 0.3 is 0 Å². The van der Waals surface area contributed by atoms with Crippen LogP contribution in [0.25, 0.3) is 11.2 Å². The Kier molecular flexibility index (Phi) is 2.36. The van der Waals surface area contributed by atoms with E-state index in [1.165, 1.54) is 6.33 Å². The number of hydrogen-bond acceptors (Lipinski definition) is 5. The number of hydrogen-bond donors (Lipinski definition) is 1. The highest BCUT2D eigenvalue weighted by molar-refractivity contribution is 5.82. The van der Waals surface area contributed by atoms with Crippen LogP contribution in [0.15, 0.2) is 12.7 Å². The van der Waals surface area contributed by atoms with E-state index in [0.717, 1.165) is 43.9 Å². The van der Waals surface area contributed by atoms with Gasteiger partial charge in [0.25, 0.3) is 0 Å². The average Bonchev–Trinajstić information content (AvgIpc) is 2.87. The zero-order valence-corrected chi connectivity index (χ0v) is 9.20. The highest BCUT2D eigenvalue weighted by atomic mass is 16.1. The first-order valence-electron chi connectivity index (χ1n) is 5.47. The molecule has 1 N–H and O–H groups in total. The number of piperazine rings is 1. The first-order chi connectivity index (χ1) is 8.38. The summed E-state index contributed by atoms with van der Waals surface area (Å²) < 4.78 is 0. The summed E-state index contributed by atoms with van der Waals surface area (Å²) in [7, 11) is 0. The van der Waals surface area contributed by atoms with Gasteiger partial charge in [-0.1, -0.05) is 0 Å². The summed E-state index contributed by atoms with van der Waals surface area (Å²) in [6, 6.07) is 0. The number of nitrogens with one attached hydrogen (secondary N) is 1. The summed E-state index contributed by atoms with van der Waals surface area (Å²) in [5.74, 6) is 0.859. The Hall–Kier alpha value is -2.18. The number of aromatic nitrogens is 4. The number of fused-ring (bicyclic) bond motifs is 1.